The number of aliphatic imine (C=N–C) groups is 1. The second-order valence-corrected chi connectivity index (χ2v) is 5.97. The van der Waals surface area contributed by atoms with Crippen LogP contribution in [-0.2, 0) is 14.3 Å². The maximum Gasteiger partial charge on any atom is 0.310 e. The summed E-state index contributed by atoms with van der Waals surface area (Å²) in [6.07, 6.45) is 0. The molecule has 1 aliphatic heterocycles. The topological polar surface area (TPSA) is 83.0 Å². The number of nitrogens with one attached hydrogen (secondary N) is 2. The van der Waals surface area contributed by atoms with Crippen LogP contribution in [0.1, 0.15) is 6.92 Å². The predicted octanol–water partition coefficient (Wildman–Crippen LogP) is 1.70. The number of carbonyl (C=O) groups excluding carboxylic acids is 2. The number of nitrogens with zero attached hydrogens (tertiary/aromatic N) is 2. The molecule has 144 valence electrons. The Morgan fingerprint density at radius 2 is 2.12 bits per heavy atom. The molecule has 1 saturated heterocycles. The molecule has 0 bridgehead atoms. The Morgan fingerprint density at radius 1 is 1.38 bits per heavy atom. The third-order valence-electron chi connectivity index (χ3n) is 4.14. The van der Waals surface area contributed by atoms with Crippen LogP contribution in [0, 0.1) is 17.7 Å². The quantitative estimate of drug-likeness (QED) is 0.298. The molecule has 0 radical (unpaired) electrons. The van der Waals surface area contributed by atoms with Crippen LogP contribution in [0.4, 0.5) is 10.1 Å². The average Bonchev–Trinajstić information content (AvgIpc) is 2.96. The molecule has 1 aromatic carbocycles. The van der Waals surface area contributed by atoms with E-state index in [4.69, 9.17) is 4.74 Å². The fraction of sp³-hybridized carbons (Fsp3) is 0.471. The molecule has 1 aliphatic rings. The second-order valence-electron chi connectivity index (χ2n) is 5.97. The van der Waals surface area contributed by atoms with E-state index in [2.05, 4.69) is 15.6 Å². The smallest absolute Gasteiger partial charge is 0.310 e. The van der Waals surface area contributed by atoms with Crippen molar-refractivity contribution in [1.82, 2.24) is 10.2 Å². The standard InChI is InChI=1S/C17H23FN4O3.HI/c1-11-9-22(10-14(11)16(24)25-3)17(19-2)20-8-15(23)21-13-6-4-5-12(18)7-13;/h4-7,11,14H,8-10H2,1-3H3,(H,19,20)(H,21,23);1H. The zero-order chi connectivity index (χ0) is 18.4. The van der Waals surface area contributed by atoms with E-state index in [-0.39, 0.29) is 54.2 Å². The lowest BCUT2D eigenvalue weighted by Gasteiger charge is -2.21. The minimum Gasteiger partial charge on any atom is -0.469 e. The molecule has 0 spiro atoms. The van der Waals surface area contributed by atoms with Crippen LogP contribution in [-0.4, -0.2) is 56.5 Å². The molecule has 1 aromatic rings. The molecular weight excluding hydrogens is 454 g/mol. The van der Waals surface area contributed by atoms with Crippen LogP contribution in [0.25, 0.3) is 0 Å². The summed E-state index contributed by atoms with van der Waals surface area (Å²) >= 11 is 0. The molecule has 0 saturated carbocycles. The van der Waals surface area contributed by atoms with Crippen LogP contribution in [0.15, 0.2) is 29.3 Å². The van der Waals surface area contributed by atoms with Gasteiger partial charge in [0, 0.05) is 25.8 Å². The van der Waals surface area contributed by atoms with Crippen molar-refractivity contribution in [2.75, 3.05) is 39.1 Å². The summed E-state index contributed by atoms with van der Waals surface area (Å²) in [6.45, 7) is 3.09. The van der Waals surface area contributed by atoms with Crippen molar-refractivity contribution < 1.29 is 18.7 Å². The highest BCUT2D eigenvalue weighted by atomic mass is 127. The number of ether oxygens (including phenoxy) is 1. The Hall–Kier alpha value is -1.91. The maximum atomic E-state index is 13.1. The summed E-state index contributed by atoms with van der Waals surface area (Å²) in [6, 6.07) is 5.69. The SMILES string of the molecule is CN=C(NCC(=O)Nc1cccc(F)c1)N1CC(C)C(C(=O)OC)C1.I. The Morgan fingerprint density at radius 3 is 2.73 bits per heavy atom. The lowest BCUT2D eigenvalue weighted by atomic mass is 9.99. The highest BCUT2D eigenvalue weighted by Gasteiger charge is 2.36. The second kappa shape index (κ2) is 10.3. The molecule has 0 aromatic heterocycles. The van der Waals surface area contributed by atoms with E-state index in [9.17, 15) is 14.0 Å². The first-order valence-corrected chi connectivity index (χ1v) is 8.03. The largest absolute Gasteiger partial charge is 0.469 e. The number of hydrogen-bond acceptors (Lipinski definition) is 4. The van der Waals surface area contributed by atoms with Gasteiger partial charge in [0.25, 0.3) is 0 Å². The molecule has 1 heterocycles. The van der Waals surface area contributed by atoms with Gasteiger partial charge in [-0.05, 0) is 24.1 Å². The van der Waals surface area contributed by atoms with E-state index in [1.54, 1.807) is 13.1 Å². The molecule has 2 unspecified atom stereocenters. The number of benzene rings is 1. The van der Waals surface area contributed by atoms with Gasteiger partial charge in [-0.3, -0.25) is 14.6 Å². The number of methoxy groups -OCH3 is 1. The maximum absolute atomic E-state index is 13.1. The highest BCUT2D eigenvalue weighted by Crippen LogP contribution is 2.24. The molecule has 1 fully saturated rings. The van der Waals surface area contributed by atoms with Gasteiger partial charge in [-0.25, -0.2) is 4.39 Å². The van der Waals surface area contributed by atoms with Gasteiger partial charge in [-0.2, -0.15) is 0 Å². The fourth-order valence-electron chi connectivity index (χ4n) is 2.86. The molecule has 2 rings (SSSR count). The third-order valence-corrected chi connectivity index (χ3v) is 4.14. The summed E-state index contributed by atoms with van der Waals surface area (Å²) in [7, 11) is 2.99. The van der Waals surface area contributed by atoms with E-state index in [0.29, 0.717) is 24.7 Å². The normalized spacial score (nSPS) is 19.5. The molecule has 26 heavy (non-hydrogen) atoms. The highest BCUT2D eigenvalue weighted by molar-refractivity contribution is 14.0. The van der Waals surface area contributed by atoms with Crippen LogP contribution in [0.2, 0.25) is 0 Å². The van der Waals surface area contributed by atoms with E-state index in [1.165, 1.54) is 25.3 Å². The number of guanidine groups is 1. The fourth-order valence-corrected chi connectivity index (χ4v) is 2.86. The number of amides is 1. The summed E-state index contributed by atoms with van der Waals surface area (Å²) < 4.78 is 17.9. The Labute approximate surface area is 169 Å². The van der Waals surface area contributed by atoms with E-state index in [1.807, 2.05) is 11.8 Å². The number of anilines is 1. The van der Waals surface area contributed by atoms with Gasteiger partial charge in [0.15, 0.2) is 5.96 Å². The summed E-state index contributed by atoms with van der Waals surface area (Å²) in [5.41, 5.74) is 0.391. The third kappa shape index (κ3) is 5.82. The van der Waals surface area contributed by atoms with E-state index in [0.717, 1.165) is 0 Å². The zero-order valence-electron chi connectivity index (χ0n) is 15.0. The first-order chi connectivity index (χ1) is 11.9. The molecule has 2 atom stereocenters. The number of hydrogen-bond donors (Lipinski definition) is 2. The van der Waals surface area contributed by atoms with Gasteiger partial charge in [0.1, 0.15) is 5.82 Å². The molecule has 2 N–H and O–H groups in total. The molecular formula is C17H24FIN4O3. The Balaban J connectivity index is 0.00000338. The predicted molar refractivity (Wildman–Crippen MR) is 108 cm³/mol. The van der Waals surface area contributed by atoms with Crippen LogP contribution < -0.4 is 10.6 Å². The molecule has 9 heteroatoms. The molecule has 1 amide bonds. The minimum absolute atomic E-state index is 0. The number of rotatable bonds is 4. The van der Waals surface area contributed by atoms with Crippen molar-refractivity contribution in [2.45, 2.75) is 6.92 Å². The summed E-state index contributed by atoms with van der Waals surface area (Å²) in [4.78, 5) is 29.8. The van der Waals surface area contributed by atoms with Gasteiger partial charge in [-0.15, -0.1) is 24.0 Å². The lowest BCUT2D eigenvalue weighted by Crippen LogP contribution is -2.43. The zero-order valence-corrected chi connectivity index (χ0v) is 17.3. The number of esters is 1. The molecule has 7 nitrogen and oxygen atoms in total. The number of halogens is 2. The molecule has 0 aliphatic carbocycles. The van der Waals surface area contributed by atoms with Crippen LogP contribution >= 0.6 is 24.0 Å². The minimum atomic E-state index is -0.415. The number of carbonyl (C=O) groups is 2. The van der Waals surface area contributed by atoms with Gasteiger partial charge in [-0.1, -0.05) is 13.0 Å². The van der Waals surface area contributed by atoms with Crippen molar-refractivity contribution in [3.63, 3.8) is 0 Å². The lowest BCUT2D eigenvalue weighted by molar-refractivity contribution is -0.146. The Kier molecular flexibility index (Phi) is 8.76. The number of likely N-dealkylation sites (tertiary alicyclic amines) is 1. The van der Waals surface area contributed by atoms with Gasteiger partial charge >= 0.3 is 5.97 Å². The van der Waals surface area contributed by atoms with Crippen molar-refractivity contribution in [3.8, 4) is 0 Å². The average molecular weight is 478 g/mol. The monoisotopic (exact) mass is 478 g/mol. The van der Waals surface area contributed by atoms with Crippen LogP contribution in [0.3, 0.4) is 0 Å². The van der Waals surface area contributed by atoms with Crippen molar-refractivity contribution >= 4 is 47.5 Å². The van der Waals surface area contributed by atoms with Crippen LogP contribution in [0.5, 0.6) is 0 Å². The van der Waals surface area contributed by atoms with E-state index < -0.39 is 5.82 Å². The van der Waals surface area contributed by atoms with E-state index >= 15 is 0 Å². The van der Waals surface area contributed by atoms with Crippen molar-refractivity contribution in [1.29, 1.82) is 0 Å². The van der Waals surface area contributed by atoms with Gasteiger partial charge in [0.05, 0.1) is 19.6 Å². The first kappa shape index (κ1) is 22.1. The first-order valence-electron chi connectivity index (χ1n) is 8.03. The van der Waals surface area contributed by atoms with Gasteiger partial charge < -0.3 is 20.3 Å². The van der Waals surface area contributed by atoms with Crippen molar-refractivity contribution in [2.24, 2.45) is 16.8 Å². The summed E-state index contributed by atoms with van der Waals surface area (Å²) in [5.74, 6) is -0.524. The summed E-state index contributed by atoms with van der Waals surface area (Å²) in [5, 5.41) is 5.57. The Bertz CT molecular complexity index is 671. The van der Waals surface area contributed by atoms with Crippen molar-refractivity contribution in [3.05, 3.63) is 30.1 Å². The van der Waals surface area contributed by atoms with Gasteiger partial charge in [0.2, 0.25) is 5.91 Å².